The highest BCUT2D eigenvalue weighted by Gasteiger charge is 2.03. The van der Waals surface area contributed by atoms with E-state index in [-0.39, 0.29) is 0 Å². The minimum atomic E-state index is 1.06. The summed E-state index contributed by atoms with van der Waals surface area (Å²) in [7, 11) is 0. The van der Waals surface area contributed by atoms with E-state index >= 15 is 0 Å². The molecule has 0 spiro atoms. The first-order valence-electron chi connectivity index (χ1n) is 5.41. The molecule has 0 amide bonds. The maximum Gasteiger partial charge on any atom is -0.0106 e. The van der Waals surface area contributed by atoms with Crippen molar-refractivity contribution < 1.29 is 0 Å². The van der Waals surface area contributed by atoms with Crippen LogP contribution >= 0.6 is 0 Å². The van der Waals surface area contributed by atoms with E-state index in [1.807, 2.05) is 6.08 Å². The number of hydrogen-bond acceptors (Lipinski definition) is 0. The van der Waals surface area contributed by atoms with Gasteiger partial charge in [0.25, 0.3) is 0 Å². The molecular weight excluding hydrogens is 180 g/mol. The molecule has 0 N–H and O–H groups in total. The number of aryl methyl sites for hydroxylation is 2. The van der Waals surface area contributed by atoms with E-state index in [1.54, 1.807) is 0 Å². The highest BCUT2D eigenvalue weighted by Crippen LogP contribution is 2.25. The predicted octanol–water partition coefficient (Wildman–Crippen LogP) is 4.35. The third-order valence-electron chi connectivity index (χ3n) is 2.89. The number of rotatable bonds is 2. The average Bonchev–Trinajstić information content (AvgIpc) is 2.27. The van der Waals surface area contributed by atoms with Gasteiger partial charge in [0.1, 0.15) is 0 Å². The zero-order valence-electron chi connectivity index (χ0n) is 9.38. The van der Waals surface area contributed by atoms with Gasteiger partial charge in [-0.1, -0.05) is 55.5 Å². The fourth-order valence-corrected chi connectivity index (χ4v) is 2.05. The van der Waals surface area contributed by atoms with E-state index in [0.717, 1.165) is 6.42 Å². The fourth-order valence-electron chi connectivity index (χ4n) is 2.05. The van der Waals surface area contributed by atoms with Gasteiger partial charge in [0, 0.05) is 0 Å². The Morgan fingerprint density at radius 3 is 2.60 bits per heavy atom. The SMILES string of the molecule is C=Cc1c(CC)ccc2ccc(C)cc12. The first-order chi connectivity index (χ1) is 7.26. The average molecular weight is 196 g/mol. The molecule has 0 fully saturated rings. The van der Waals surface area contributed by atoms with Crippen molar-refractivity contribution in [1.29, 1.82) is 0 Å². The Kier molecular flexibility index (Phi) is 2.59. The van der Waals surface area contributed by atoms with E-state index in [1.165, 1.54) is 27.5 Å². The van der Waals surface area contributed by atoms with Crippen molar-refractivity contribution in [1.82, 2.24) is 0 Å². The Morgan fingerprint density at radius 1 is 1.20 bits per heavy atom. The van der Waals surface area contributed by atoms with Crippen molar-refractivity contribution >= 4 is 16.8 Å². The Bertz CT molecular complexity index is 507. The normalized spacial score (nSPS) is 10.5. The quantitative estimate of drug-likeness (QED) is 0.669. The molecule has 0 aliphatic rings. The molecule has 0 radical (unpaired) electrons. The summed E-state index contributed by atoms with van der Waals surface area (Å²) in [5.74, 6) is 0. The van der Waals surface area contributed by atoms with E-state index in [4.69, 9.17) is 0 Å². The van der Waals surface area contributed by atoms with Gasteiger partial charge in [-0.15, -0.1) is 0 Å². The standard InChI is InChI=1S/C15H16/c1-4-12-8-9-13-7-6-11(3)10-15(13)14(12)5-2/h5-10H,2,4H2,1,3H3. The predicted molar refractivity (Wildman–Crippen MR) is 68.2 cm³/mol. The largest absolute Gasteiger partial charge is 0.0984 e. The Labute approximate surface area is 91.2 Å². The van der Waals surface area contributed by atoms with Crippen LogP contribution in [0, 0.1) is 6.92 Å². The van der Waals surface area contributed by atoms with Gasteiger partial charge in [0.15, 0.2) is 0 Å². The molecule has 0 heterocycles. The molecule has 76 valence electrons. The van der Waals surface area contributed by atoms with Crippen molar-refractivity contribution in [2.24, 2.45) is 0 Å². The fraction of sp³-hybridized carbons (Fsp3) is 0.200. The summed E-state index contributed by atoms with van der Waals surface area (Å²) in [6.45, 7) is 8.23. The lowest BCUT2D eigenvalue weighted by Gasteiger charge is -2.08. The second kappa shape index (κ2) is 3.90. The van der Waals surface area contributed by atoms with Gasteiger partial charge >= 0.3 is 0 Å². The molecule has 2 rings (SSSR count). The lowest BCUT2D eigenvalue weighted by molar-refractivity contribution is 1.14. The van der Waals surface area contributed by atoms with Crippen LogP contribution in [0.15, 0.2) is 36.9 Å². The molecule has 0 aliphatic carbocycles. The topological polar surface area (TPSA) is 0 Å². The van der Waals surface area contributed by atoms with E-state index < -0.39 is 0 Å². The molecule has 0 heteroatoms. The van der Waals surface area contributed by atoms with Gasteiger partial charge in [-0.3, -0.25) is 0 Å². The third-order valence-corrected chi connectivity index (χ3v) is 2.89. The second-order valence-electron chi connectivity index (χ2n) is 3.92. The maximum absolute atomic E-state index is 3.92. The summed E-state index contributed by atoms with van der Waals surface area (Å²) in [6.07, 6.45) is 3.03. The van der Waals surface area contributed by atoms with Crippen LogP contribution in [0.5, 0.6) is 0 Å². The highest BCUT2D eigenvalue weighted by atomic mass is 14.1. The lowest BCUT2D eigenvalue weighted by atomic mass is 9.96. The summed E-state index contributed by atoms with van der Waals surface area (Å²) < 4.78 is 0. The minimum Gasteiger partial charge on any atom is -0.0984 e. The van der Waals surface area contributed by atoms with Gasteiger partial charge < -0.3 is 0 Å². The van der Waals surface area contributed by atoms with Crippen molar-refractivity contribution in [3.05, 3.63) is 53.6 Å². The first kappa shape index (κ1) is 9.97. The maximum atomic E-state index is 3.92. The van der Waals surface area contributed by atoms with Crippen LogP contribution in [-0.4, -0.2) is 0 Å². The van der Waals surface area contributed by atoms with E-state index in [0.29, 0.717) is 0 Å². The number of benzene rings is 2. The summed E-state index contributed by atoms with van der Waals surface area (Å²) in [4.78, 5) is 0. The smallest absolute Gasteiger partial charge is 0.0106 e. The minimum absolute atomic E-state index is 1.06. The zero-order valence-corrected chi connectivity index (χ0v) is 9.38. The molecule has 0 bridgehead atoms. The van der Waals surface area contributed by atoms with Gasteiger partial charge in [-0.25, -0.2) is 0 Å². The molecule has 0 atom stereocenters. The van der Waals surface area contributed by atoms with Crippen LogP contribution in [0.25, 0.3) is 16.8 Å². The number of fused-ring (bicyclic) bond motifs is 1. The van der Waals surface area contributed by atoms with Crippen LogP contribution in [0.3, 0.4) is 0 Å². The van der Waals surface area contributed by atoms with Crippen LogP contribution in [-0.2, 0) is 6.42 Å². The van der Waals surface area contributed by atoms with Crippen LogP contribution < -0.4 is 0 Å². The summed E-state index contributed by atoms with van der Waals surface area (Å²) in [5, 5.41) is 2.62. The number of hydrogen-bond donors (Lipinski definition) is 0. The molecule has 0 unspecified atom stereocenters. The molecule has 2 aromatic rings. The molecule has 15 heavy (non-hydrogen) atoms. The third kappa shape index (κ3) is 1.68. The van der Waals surface area contributed by atoms with Crippen molar-refractivity contribution in [3.63, 3.8) is 0 Å². The molecular formula is C15H16. The van der Waals surface area contributed by atoms with Crippen LogP contribution in [0.2, 0.25) is 0 Å². The monoisotopic (exact) mass is 196 g/mol. The summed E-state index contributed by atoms with van der Waals surface area (Å²) in [5.41, 5.74) is 3.97. The Hall–Kier alpha value is -1.56. The van der Waals surface area contributed by atoms with Crippen molar-refractivity contribution in [3.8, 4) is 0 Å². The molecule has 0 nitrogen and oxygen atoms in total. The molecule has 2 aromatic carbocycles. The van der Waals surface area contributed by atoms with Crippen LogP contribution in [0.1, 0.15) is 23.6 Å². The summed E-state index contributed by atoms with van der Waals surface area (Å²) >= 11 is 0. The zero-order chi connectivity index (χ0) is 10.8. The molecule has 0 saturated carbocycles. The van der Waals surface area contributed by atoms with Crippen molar-refractivity contribution in [2.45, 2.75) is 20.3 Å². The van der Waals surface area contributed by atoms with E-state index in [9.17, 15) is 0 Å². The Morgan fingerprint density at radius 2 is 1.93 bits per heavy atom. The van der Waals surface area contributed by atoms with Gasteiger partial charge in [0.2, 0.25) is 0 Å². The van der Waals surface area contributed by atoms with Crippen LogP contribution in [0.4, 0.5) is 0 Å². The highest BCUT2D eigenvalue weighted by molar-refractivity contribution is 5.92. The van der Waals surface area contributed by atoms with E-state index in [2.05, 4.69) is 50.8 Å². The molecule has 0 aliphatic heterocycles. The molecule has 0 aromatic heterocycles. The first-order valence-corrected chi connectivity index (χ1v) is 5.41. The van der Waals surface area contributed by atoms with Crippen molar-refractivity contribution in [2.75, 3.05) is 0 Å². The van der Waals surface area contributed by atoms with Gasteiger partial charge in [-0.2, -0.15) is 0 Å². The second-order valence-corrected chi connectivity index (χ2v) is 3.92. The summed E-state index contributed by atoms with van der Waals surface area (Å²) in [6, 6.07) is 11.0. The lowest BCUT2D eigenvalue weighted by Crippen LogP contribution is -1.88. The molecule has 0 saturated heterocycles. The van der Waals surface area contributed by atoms with Gasteiger partial charge in [0.05, 0.1) is 0 Å². The van der Waals surface area contributed by atoms with Gasteiger partial charge in [-0.05, 0) is 35.2 Å². The Balaban J connectivity index is 2.84.